The van der Waals surface area contributed by atoms with Crippen molar-refractivity contribution < 1.29 is 13.2 Å². The van der Waals surface area contributed by atoms with Crippen molar-refractivity contribution in [2.75, 3.05) is 25.9 Å². The van der Waals surface area contributed by atoms with Crippen LogP contribution in [0.5, 0.6) is 0 Å². The molecule has 2 bridgehead atoms. The van der Waals surface area contributed by atoms with Crippen molar-refractivity contribution in [3.63, 3.8) is 0 Å². The Morgan fingerprint density at radius 1 is 1.24 bits per heavy atom. The Morgan fingerprint density at radius 2 is 2.07 bits per heavy atom. The Hall–Kier alpha value is -2.52. The molecule has 0 spiro atoms. The van der Waals surface area contributed by atoms with E-state index in [0.717, 1.165) is 29.5 Å². The second-order valence-electron chi connectivity index (χ2n) is 7.87. The van der Waals surface area contributed by atoms with Gasteiger partial charge in [-0.3, -0.25) is 14.6 Å². The van der Waals surface area contributed by atoms with E-state index in [1.165, 1.54) is 0 Å². The van der Waals surface area contributed by atoms with Crippen LogP contribution in [0.1, 0.15) is 24.5 Å². The predicted molar refractivity (Wildman–Crippen MR) is 109 cm³/mol. The first kappa shape index (κ1) is 19.8. The molecule has 29 heavy (non-hydrogen) atoms. The lowest BCUT2D eigenvalue weighted by atomic mass is 9.82. The summed E-state index contributed by atoms with van der Waals surface area (Å²) in [6.45, 7) is 1.85. The van der Waals surface area contributed by atoms with Crippen LogP contribution in [0.3, 0.4) is 0 Å². The average molecular weight is 417 g/mol. The maximum Gasteiger partial charge on any atom is 0.251 e. The average Bonchev–Trinajstić information content (AvgIpc) is 2.68. The maximum atomic E-state index is 12.7. The van der Waals surface area contributed by atoms with Crippen LogP contribution in [0.15, 0.2) is 41.5 Å². The fourth-order valence-corrected chi connectivity index (χ4v) is 4.84. The number of pyridine rings is 2. The molecule has 1 saturated heterocycles. The molecule has 0 unspecified atom stereocenters. The number of carbonyl (C=O) groups is 1. The zero-order valence-corrected chi connectivity index (χ0v) is 17.1. The lowest BCUT2D eigenvalue weighted by Crippen LogP contribution is -2.49. The minimum absolute atomic E-state index is 0.0202. The van der Waals surface area contributed by atoms with E-state index in [2.05, 4.69) is 9.71 Å². The molecular formula is C20H24N4O4S. The quantitative estimate of drug-likeness (QED) is 0.777. The number of hydrogen-bond donors (Lipinski definition) is 1. The van der Waals surface area contributed by atoms with Crippen molar-refractivity contribution in [1.82, 2.24) is 19.2 Å². The molecule has 0 saturated carbocycles. The summed E-state index contributed by atoms with van der Waals surface area (Å²) in [5.41, 5.74) is 2.67. The molecule has 9 heteroatoms. The molecule has 4 heterocycles. The van der Waals surface area contributed by atoms with Gasteiger partial charge in [0.15, 0.2) is 0 Å². The number of amides is 1. The molecule has 2 aliphatic heterocycles. The van der Waals surface area contributed by atoms with Crippen LogP contribution in [-0.2, 0) is 21.4 Å². The molecular weight excluding hydrogens is 392 g/mol. The van der Waals surface area contributed by atoms with Crippen molar-refractivity contribution in [2.45, 2.75) is 25.3 Å². The largest absolute Gasteiger partial charge is 0.342 e. The lowest BCUT2D eigenvalue weighted by molar-refractivity contribution is -0.133. The molecule has 2 aliphatic rings. The van der Waals surface area contributed by atoms with Gasteiger partial charge >= 0.3 is 0 Å². The van der Waals surface area contributed by atoms with Gasteiger partial charge in [-0.1, -0.05) is 6.07 Å². The molecule has 0 aliphatic carbocycles. The van der Waals surface area contributed by atoms with Crippen LogP contribution < -0.4 is 10.3 Å². The highest BCUT2D eigenvalue weighted by atomic mass is 32.2. The standard InChI is InChI=1S/C20H24N4O4S/c1-29(27,28)22-6-4-19(25)23-11-14-7-17(13-23)18-8-16(9-20(26)24(18)12-14)15-3-2-5-21-10-15/h2-3,5,8-10,14,17,22H,4,6-7,11-13H2,1H3/t14-,17+/m0/s1. The molecule has 1 amide bonds. The molecule has 154 valence electrons. The van der Waals surface area contributed by atoms with E-state index in [4.69, 9.17) is 0 Å². The van der Waals surface area contributed by atoms with Gasteiger partial charge in [0.2, 0.25) is 15.9 Å². The molecule has 2 atom stereocenters. The summed E-state index contributed by atoms with van der Waals surface area (Å²) in [5, 5.41) is 0. The molecule has 0 radical (unpaired) electrons. The summed E-state index contributed by atoms with van der Waals surface area (Å²) >= 11 is 0. The fourth-order valence-electron chi connectivity index (χ4n) is 4.36. The highest BCUT2D eigenvalue weighted by Crippen LogP contribution is 2.36. The van der Waals surface area contributed by atoms with Crippen molar-refractivity contribution in [3.05, 3.63) is 52.7 Å². The topological polar surface area (TPSA) is 101 Å². The minimum Gasteiger partial charge on any atom is -0.342 e. The summed E-state index contributed by atoms with van der Waals surface area (Å²) in [5.74, 6) is 0.267. The van der Waals surface area contributed by atoms with E-state index in [0.29, 0.717) is 19.6 Å². The Balaban J connectivity index is 1.55. The first-order valence-electron chi connectivity index (χ1n) is 9.68. The molecule has 1 fully saturated rings. The number of fused-ring (bicyclic) bond motifs is 4. The van der Waals surface area contributed by atoms with E-state index in [9.17, 15) is 18.0 Å². The highest BCUT2D eigenvalue weighted by Gasteiger charge is 2.36. The number of sulfonamides is 1. The third kappa shape index (κ3) is 4.40. The van der Waals surface area contributed by atoms with Gasteiger partial charge in [0, 0.05) is 68.2 Å². The number of piperidine rings is 1. The van der Waals surface area contributed by atoms with Crippen LogP contribution in [0, 0.1) is 5.92 Å². The normalized spacial score (nSPS) is 20.9. The van der Waals surface area contributed by atoms with Crippen molar-refractivity contribution in [2.24, 2.45) is 5.92 Å². The minimum atomic E-state index is -3.31. The Morgan fingerprint density at radius 3 is 2.79 bits per heavy atom. The van der Waals surface area contributed by atoms with Crippen LogP contribution in [0.2, 0.25) is 0 Å². The summed E-state index contributed by atoms with van der Waals surface area (Å²) in [7, 11) is -3.31. The first-order valence-corrected chi connectivity index (χ1v) is 11.6. The molecule has 0 aromatic carbocycles. The zero-order chi connectivity index (χ0) is 20.6. The SMILES string of the molecule is CS(=O)(=O)NCCC(=O)N1C[C@@H]2C[C@H](C1)c1cc(-c3cccnc3)cc(=O)n1C2. The molecule has 1 N–H and O–H groups in total. The smallest absolute Gasteiger partial charge is 0.251 e. The third-order valence-corrected chi connectivity index (χ3v) is 6.34. The summed E-state index contributed by atoms with van der Waals surface area (Å²) in [4.78, 5) is 31.3. The molecule has 4 rings (SSSR count). The number of nitrogens with zero attached hydrogens (tertiary/aromatic N) is 3. The second kappa shape index (κ2) is 7.72. The summed E-state index contributed by atoms with van der Waals surface area (Å²) in [6, 6.07) is 7.46. The Bertz CT molecular complexity index is 1080. The number of carbonyl (C=O) groups excluding carboxylic acids is 1. The predicted octanol–water partition coefficient (Wildman–Crippen LogP) is 0.795. The van der Waals surface area contributed by atoms with Crippen molar-refractivity contribution in [3.8, 4) is 11.1 Å². The van der Waals surface area contributed by atoms with Crippen LogP contribution in [0.25, 0.3) is 11.1 Å². The highest BCUT2D eigenvalue weighted by molar-refractivity contribution is 7.88. The van der Waals surface area contributed by atoms with Gasteiger partial charge in [0.25, 0.3) is 5.56 Å². The number of hydrogen-bond acceptors (Lipinski definition) is 5. The summed E-state index contributed by atoms with van der Waals surface area (Å²) < 4.78 is 26.6. The number of rotatable bonds is 5. The van der Waals surface area contributed by atoms with Crippen molar-refractivity contribution in [1.29, 1.82) is 0 Å². The van der Waals surface area contributed by atoms with Crippen LogP contribution in [-0.4, -0.2) is 54.7 Å². The fraction of sp³-hybridized carbons (Fsp3) is 0.450. The van der Waals surface area contributed by atoms with Crippen LogP contribution >= 0.6 is 0 Å². The summed E-state index contributed by atoms with van der Waals surface area (Å²) in [6.07, 6.45) is 5.60. The maximum absolute atomic E-state index is 12.7. The zero-order valence-electron chi connectivity index (χ0n) is 16.2. The van der Waals surface area contributed by atoms with Crippen LogP contribution in [0.4, 0.5) is 0 Å². The van der Waals surface area contributed by atoms with Gasteiger partial charge in [-0.25, -0.2) is 13.1 Å². The van der Waals surface area contributed by atoms with Gasteiger partial charge in [0.05, 0.1) is 6.26 Å². The van der Waals surface area contributed by atoms with E-state index < -0.39 is 10.0 Å². The van der Waals surface area contributed by atoms with E-state index in [-0.39, 0.29) is 36.3 Å². The third-order valence-electron chi connectivity index (χ3n) is 5.61. The van der Waals surface area contributed by atoms with E-state index >= 15 is 0 Å². The van der Waals surface area contributed by atoms with Gasteiger partial charge in [-0.15, -0.1) is 0 Å². The van der Waals surface area contributed by atoms with Crippen molar-refractivity contribution >= 4 is 15.9 Å². The molecule has 8 nitrogen and oxygen atoms in total. The van der Waals surface area contributed by atoms with Gasteiger partial charge in [0.1, 0.15) is 0 Å². The Kier molecular flexibility index (Phi) is 5.26. The Labute approximate surface area is 169 Å². The number of likely N-dealkylation sites (tertiary alicyclic amines) is 1. The van der Waals surface area contributed by atoms with Gasteiger partial charge < -0.3 is 9.47 Å². The van der Waals surface area contributed by atoms with Gasteiger partial charge in [-0.05, 0) is 30.0 Å². The number of aromatic nitrogens is 2. The first-order chi connectivity index (χ1) is 13.8. The molecule has 2 aromatic heterocycles. The van der Waals surface area contributed by atoms with E-state index in [1.54, 1.807) is 18.5 Å². The van der Waals surface area contributed by atoms with Gasteiger partial charge in [-0.2, -0.15) is 0 Å². The number of nitrogens with one attached hydrogen (secondary N) is 1. The monoisotopic (exact) mass is 416 g/mol. The molecule has 2 aromatic rings. The van der Waals surface area contributed by atoms with E-state index in [1.807, 2.05) is 27.7 Å². The second-order valence-corrected chi connectivity index (χ2v) is 9.71. The lowest BCUT2D eigenvalue weighted by Gasteiger charge is -2.43.